The molecule has 0 heterocycles. The van der Waals surface area contributed by atoms with E-state index in [4.69, 9.17) is 9.94 Å². The summed E-state index contributed by atoms with van der Waals surface area (Å²) in [5.41, 5.74) is 1.65. The SMILES string of the molecule is CCC(=NO)c1ccc2cc(OC)ccc2c1. The second kappa shape index (κ2) is 4.87. The van der Waals surface area contributed by atoms with Gasteiger partial charge in [-0.25, -0.2) is 0 Å². The van der Waals surface area contributed by atoms with Crippen LogP contribution in [0.1, 0.15) is 18.9 Å². The molecular formula is C14H15NO2. The van der Waals surface area contributed by atoms with E-state index in [0.29, 0.717) is 12.1 Å². The summed E-state index contributed by atoms with van der Waals surface area (Å²) in [5, 5.41) is 14.4. The summed E-state index contributed by atoms with van der Waals surface area (Å²) < 4.78 is 5.18. The van der Waals surface area contributed by atoms with Gasteiger partial charge in [-0.2, -0.15) is 0 Å². The normalized spacial score (nSPS) is 11.8. The molecule has 0 atom stereocenters. The van der Waals surface area contributed by atoms with Crippen molar-refractivity contribution in [1.29, 1.82) is 0 Å². The van der Waals surface area contributed by atoms with Crippen molar-refractivity contribution in [2.45, 2.75) is 13.3 Å². The zero-order valence-corrected chi connectivity index (χ0v) is 9.97. The van der Waals surface area contributed by atoms with E-state index in [1.807, 2.05) is 43.3 Å². The first-order valence-corrected chi connectivity index (χ1v) is 5.57. The molecule has 0 radical (unpaired) electrons. The second-order valence-electron chi connectivity index (χ2n) is 3.83. The van der Waals surface area contributed by atoms with Crippen molar-refractivity contribution in [3.05, 3.63) is 42.0 Å². The summed E-state index contributed by atoms with van der Waals surface area (Å²) in [6.45, 7) is 1.97. The quantitative estimate of drug-likeness (QED) is 0.497. The third-order valence-corrected chi connectivity index (χ3v) is 2.84. The van der Waals surface area contributed by atoms with Gasteiger partial charge in [0.1, 0.15) is 5.75 Å². The van der Waals surface area contributed by atoms with Crippen LogP contribution in [0.2, 0.25) is 0 Å². The number of oxime groups is 1. The summed E-state index contributed by atoms with van der Waals surface area (Å²) in [6, 6.07) is 11.9. The Bertz CT molecular complexity index is 561. The maximum absolute atomic E-state index is 8.90. The van der Waals surface area contributed by atoms with Gasteiger partial charge in [-0.3, -0.25) is 0 Å². The molecule has 0 bridgehead atoms. The number of nitrogens with zero attached hydrogens (tertiary/aromatic N) is 1. The van der Waals surface area contributed by atoms with Crippen LogP contribution in [0.15, 0.2) is 41.6 Å². The Labute approximate surface area is 100 Å². The van der Waals surface area contributed by atoms with Crippen molar-refractivity contribution in [3.8, 4) is 5.75 Å². The monoisotopic (exact) mass is 229 g/mol. The fourth-order valence-electron chi connectivity index (χ4n) is 1.86. The smallest absolute Gasteiger partial charge is 0.119 e. The molecule has 17 heavy (non-hydrogen) atoms. The van der Waals surface area contributed by atoms with Crippen LogP contribution in [0.3, 0.4) is 0 Å². The molecule has 0 amide bonds. The number of hydrogen-bond acceptors (Lipinski definition) is 3. The molecule has 3 nitrogen and oxygen atoms in total. The van der Waals surface area contributed by atoms with E-state index >= 15 is 0 Å². The molecule has 0 spiro atoms. The Morgan fingerprint density at radius 1 is 1.18 bits per heavy atom. The lowest BCUT2D eigenvalue weighted by Gasteiger charge is -2.05. The van der Waals surface area contributed by atoms with Gasteiger partial charge in [0.05, 0.1) is 12.8 Å². The van der Waals surface area contributed by atoms with Crippen molar-refractivity contribution < 1.29 is 9.94 Å². The minimum absolute atomic E-state index is 0.697. The lowest BCUT2D eigenvalue weighted by molar-refractivity contribution is 0.318. The Morgan fingerprint density at radius 2 is 1.88 bits per heavy atom. The number of methoxy groups -OCH3 is 1. The minimum Gasteiger partial charge on any atom is -0.497 e. The van der Waals surface area contributed by atoms with Gasteiger partial charge < -0.3 is 9.94 Å². The first-order valence-electron chi connectivity index (χ1n) is 5.57. The maximum atomic E-state index is 8.90. The molecule has 0 saturated heterocycles. The van der Waals surface area contributed by atoms with Crippen LogP contribution < -0.4 is 4.74 Å². The van der Waals surface area contributed by atoms with Crippen LogP contribution >= 0.6 is 0 Å². The highest BCUT2D eigenvalue weighted by molar-refractivity contribution is 6.03. The van der Waals surface area contributed by atoms with E-state index in [2.05, 4.69) is 5.16 Å². The van der Waals surface area contributed by atoms with Crippen molar-refractivity contribution >= 4 is 16.5 Å². The summed E-state index contributed by atoms with van der Waals surface area (Å²) in [6.07, 6.45) is 0.707. The number of rotatable bonds is 3. The molecule has 1 N–H and O–H groups in total. The van der Waals surface area contributed by atoms with E-state index in [9.17, 15) is 0 Å². The highest BCUT2D eigenvalue weighted by Crippen LogP contribution is 2.22. The van der Waals surface area contributed by atoms with Gasteiger partial charge in [0.15, 0.2) is 0 Å². The molecule has 3 heteroatoms. The van der Waals surface area contributed by atoms with Gasteiger partial charge in [-0.15, -0.1) is 0 Å². The van der Waals surface area contributed by atoms with Crippen molar-refractivity contribution in [3.63, 3.8) is 0 Å². The fraction of sp³-hybridized carbons (Fsp3) is 0.214. The van der Waals surface area contributed by atoms with Gasteiger partial charge in [-0.1, -0.05) is 30.3 Å². The lowest BCUT2D eigenvalue weighted by atomic mass is 10.0. The van der Waals surface area contributed by atoms with E-state index in [-0.39, 0.29) is 0 Å². The Hall–Kier alpha value is -2.03. The third kappa shape index (κ3) is 2.23. The largest absolute Gasteiger partial charge is 0.497 e. The highest BCUT2D eigenvalue weighted by atomic mass is 16.5. The Kier molecular flexibility index (Phi) is 3.28. The van der Waals surface area contributed by atoms with Crippen molar-refractivity contribution in [1.82, 2.24) is 0 Å². The lowest BCUT2D eigenvalue weighted by Crippen LogP contribution is -1.98. The summed E-state index contributed by atoms with van der Waals surface area (Å²) in [5.74, 6) is 0.844. The molecule has 0 aliphatic heterocycles. The van der Waals surface area contributed by atoms with E-state index in [1.54, 1.807) is 7.11 Å². The summed E-state index contributed by atoms with van der Waals surface area (Å²) in [7, 11) is 1.66. The first kappa shape index (κ1) is 11.5. The summed E-state index contributed by atoms with van der Waals surface area (Å²) >= 11 is 0. The molecule has 0 aliphatic carbocycles. The number of hydrogen-bond donors (Lipinski definition) is 1. The van der Waals surface area contributed by atoms with Gasteiger partial charge in [-0.05, 0) is 41.0 Å². The molecule has 2 aromatic rings. The molecule has 88 valence electrons. The first-order chi connectivity index (χ1) is 8.28. The van der Waals surface area contributed by atoms with Crippen LogP contribution in [0.5, 0.6) is 5.75 Å². The van der Waals surface area contributed by atoms with Gasteiger partial charge in [0.2, 0.25) is 0 Å². The molecule has 0 saturated carbocycles. The topological polar surface area (TPSA) is 41.8 Å². The van der Waals surface area contributed by atoms with E-state index in [1.165, 1.54) is 0 Å². The molecule has 2 aromatic carbocycles. The zero-order chi connectivity index (χ0) is 12.3. The molecular weight excluding hydrogens is 214 g/mol. The Morgan fingerprint density at radius 3 is 2.53 bits per heavy atom. The molecule has 0 aromatic heterocycles. The van der Waals surface area contributed by atoms with Gasteiger partial charge in [0.25, 0.3) is 0 Å². The fourth-order valence-corrected chi connectivity index (χ4v) is 1.86. The average Bonchev–Trinajstić information content (AvgIpc) is 2.39. The number of fused-ring (bicyclic) bond motifs is 1. The maximum Gasteiger partial charge on any atom is 0.119 e. The van der Waals surface area contributed by atoms with Crippen LogP contribution in [0.4, 0.5) is 0 Å². The predicted octanol–water partition coefficient (Wildman–Crippen LogP) is 3.44. The van der Waals surface area contributed by atoms with Crippen molar-refractivity contribution in [2.75, 3.05) is 7.11 Å². The van der Waals surface area contributed by atoms with Gasteiger partial charge in [0, 0.05) is 0 Å². The van der Waals surface area contributed by atoms with Crippen LogP contribution in [-0.2, 0) is 0 Å². The van der Waals surface area contributed by atoms with Crippen LogP contribution in [0, 0.1) is 0 Å². The van der Waals surface area contributed by atoms with Crippen LogP contribution in [0.25, 0.3) is 10.8 Å². The number of ether oxygens (including phenoxy) is 1. The highest BCUT2D eigenvalue weighted by Gasteiger charge is 2.03. The van der Waals surface area contributed by atoms with Gasteiger partial charge >= 0.3 is 0 Å². The number of benzene rings is 2. The summed E-state index contributed by atoms with van der Waals surface area (Å²) in [4.78, 5) is 0. The molecule has 0 aliphatic rings. The third-order valence-electron chi connectivity index (χ3n) is 2.84. The Balaban J connectivity index is 2.52. The molecule has 0 fully saturated rings. The average molecular weight is 229 g/mol. The van der Waals surface area contributed by atoms with Crippen LogP contribution in [-0.4, -0.2) is 18.0 Å². The zero-order valence-electron chi connectivity index (χ0n) is 9.97. The van der Waals surface area contributed by atoms with E-state index < -0.39 is 0 Å². The van der Waals surface area contributed by atoms with E-state index in [0.717, 1.165) is 22.1 Å². The standard InChI is InChI=1S/C14H15NO2/c1-3-14(15-16)12-5-4-11-9-13(17-2)7-6-10(11)8-12/h4-9,16H,3H2,1-2H3. The second-order valence-corrected chi connectivity index (χ2v) is 3.83. The molecule has 2 rings (SSSR count). The minimum atomic E-state index is 0.697. The van der Waals surface area contributed by atoms with Crippen molar-refractivity contribution in [2.24, 2.45) is 5.16 Å². The predicted molar refractivity (Wildman–Crippen MR) is 69.1 cm³/mol. The molecule has 0 unspecified atom stereocenters.